The van der Waals surface area contributed by atoms with Crippen LogP contribution in [0, 0.1) is 0 Å². The summed E-state index contributed by atoms with van der Waals surface area (Å²) in [5.41, 5.74) is 0.623. The van der Waals surface area contributed by atoms with Crippen LogP contribution in [0.1, 0.15) is 51.8 Å². The summed E-state index contributed by atoms with van der Waals surface area (Å²) in [6.07, 6.45) is 0. The largest absolute Gasteiger partial charge is 0.507 e. The quantitative estimate of drug-likeness (QED) is 0.244. The standard InChI is InChI=1S/3C9H10O3.Al/c3*1-2-12-9(11)7-5-3-4-6-8(7)10;/h3*3-6,10H,2H2,1H3;. The number of carbonyl (C=O) groups is 3. The van der Waals surface area contributed by atoms with Gasteiger partial charge in [0.15, 0.2) is 0 Å². The first-order chi connectivity index (χ1) is 17.3. The zero-order valence-electron chi connectivity index (χ0n) is 20.9. The number of phenols is 3. The van der Waals surface area contributed by atoms with Crippen molar-refractivity contribution in [2.24, 2.45) is 0 Å². The Morgan fingerprint density at radius 1 is 0.514 bits per heavy atom. The van der Waals surface area contributed by atoms with E-state index in [1.807, 2.05) is 0 Å². The second kappa shape index (κ2) is 18.3. The minimum absolute atomic E-state index is 0. The third kappa shape index (κ3) is 11.5. The van der Waals surface area contributed by atoms with Crippen molar-refractivity contribution < 1.29 is 43.9 Å². The fourth-order valence-corrected chi connectivity index (χ4v) is 2.57. The molecule has 0 saturated carbocycles. The van der Waals surface area contributed by atoms with Gasteiger partial charge in [0.1, 0.15) is 33.9 Å². The lowest BCUT2D eigenvalue weighted by Crippen LogP contribution is -2.04. The summed E-state index contributed by atoms with van der Waals surface area (Å²) < 4.78 is 14.1. The fourth-order valence-electron chi connectivity index (χ4n) is 2.57. The van der Waals surface area contributed by atoms with Crippen LogP contribution in [-0.2, 0) is 14.2 Å². The molecule has 0 heterocycles. The fraction of sp³-hybridized carbons (Fsp3) is 0.222. The maximum atomic E-state index is 11.1. The van der Waals surface area contributed by atoms with Crippen LogP contribution >= 0.6 is 0 Å². The molecular weight excluding hydrogens is 495 g/mol. The van der Waals surface area contributed by atoms with Crippen molar-refractivity contribution in [2.75, 3.05) is 19.8 Å². The van der Waals surface area contributed by atoms with Crippen molar-refractivity contribution in [2.45, 2.75) is 20.8 Å². The topological polar surface area (TPSA) is 140 Å². The Labute approximate surface area is 226 Å². The van der Waals surface area contributed by atoms with Crippen LogP contribution in [0.4, 0.5) is 0 Å². The van der Waals surface area contributed by atoms with Crippen molar-refractivity contribution >= 4 is 35.3 Å². The third-order valence-electron chi connectivity index (χ3n) is 4.20. The zero-order valence-corrected chi connectivity index (χ0v) is 22.1. The van der Waals surface area contributed by atoms with Crippen LogP contribution in [0.15, 0.2) is 72.8 Å². The highest BCUT2D eigenvalue weighted by Gasteiger charge is 2.11. The molecular formula is C27H30AlO9. The SMILES string of the molecule is CCOC(=O)c1ccccc1O.CCOC(=O)c1ccccc1O.CCOC(=O)c1ccccc1O.[Al]. The first-order valence-electron chi connectivity index (χ1n) is 11.1. The Morgan fingerprint density at radius 3 is 0.919 bits per heavy atom. The smallest absolute Gasteiger partial charge is 0.341 e. The molecule has 0 fully saturated rings. The molecule has 37 heavy (non-hydrogen) atoms. The number of phenolic OH excluding ortho intramolecular Hbond substituents is 3. The number of hydrogen-bond donors (Lipinski definition) is 3. The van der Waals surface area contributed by atoms with Crippen LogP contribution in [0.2, 0.25) is 0 Å². The summed E-state index contributed by atoms with van der Waals surface area (Å²) in [6, 6.07) is 18.9. The molecule has 0 aliphatic rings. The van der Waals surface area contributed by atoms with E-state index in [0.717, 1.165) is 0 Å². The highest BCUT2D eigenvalue weighted by molar-refractivity contribution is 5.93. The second-order valence-electron chi connectivity index (χ2n) is 6.71. The van der Waals surface area contributed by atoms with Crippen LogP contribution in [0.25, 0.3) is 0 Å². The molecule has 3 N–H and O–H groups in total. The molecule has 3 rings (SSSR count). The molecule has 0 spiro atoms. The Morgan fingerprint density at radius 2 is 0.730 bits per heavy atom. The summed E-state index contributed by atoms with van der Waals surface area (Å²) in [5, 5.41) is 27.6. The van der Waals surface area contributed by atoms with E-state index in [1.54, 1.807) is 57.2 Å². The summed E-state index contributed by atoms with van der Waals surface area (Å²) in [5.74, 6) is -1.61. The molecule has 0 saturated heterocycles. The molecule has 0 unspecified atom stereocenters. The molecule has 0 atom stereocenters. The summed E-state index contributed by atoms with van der Waals surface area (Å²) in [4.78, 5) is 33.2. The van der Waals surface area contributed by atoms with Crippen LogP contribution < -0.4 is 0 Å². The third-order valence-corrected chi connectivity index (χ3v) is 4.20. The normalized spacial score (nSPS) is 9.16. The van der Waals surface area contributed by atoms with E-state index in [0.29, 0.717) is 19.8 Å². The molecule has 0 bridgehead atoms. The number of aromatic hydroxyl groups is 3. The van der Waals surface area contributed by atoms with E-state index in [9.17, 15) is 29.7 Å². The van der Waals surface area contributed by atoms with Gasteiger partial charge < -0.3 is 29.5 Å². The number of esters is 3. The predicted octanol–water partition coefficient (Wildman–Crippen LogP) is 4.33. The predicted molar refractivity (Wildman–Crippen MR) is 138 cm³/mol. The molecule has 3 radical (unpaired) electrons. The summed E-state index contributed by atoms with van der Waals surface area (Å²) in [6.45, 7) is 6.10. The van der Waals surface area contributed by atoms with Gasteiger partial charge in [-0.1, -0.05) is 36.4 Å². The van der Waals surface area contributed by atoms with Gasteiger partial charge in [-0.05, 0) is 57.2 Å². The van der Waals surface area contributed by atoms with Crippen molar-refractivity contribution in [3.8, 4) is 17.2 Å². The lowest BCUT2D eigenvalue weighted by atomic mass is 10.2. The average molecular weight is 526 g/mol. The molecule has 0 aliphatic carbocycles. The van der Waals surface area contributed by atoms with Gasteiger partial charge in [-0.15, -0.1) is 0 Å². The van der Waals surface area contributed by atoms with Gasteiger partial charge in [-0.25, -0.2) is 14.4 Å². The molecule has 3 aromatic carbocycles. The zero-order chi connectivity index (χ0) is 26.9. The highest BCUT2D eigenvalue weighted by atomic mass is 27.0. The maximum absolute atomic E-state index is 11.1. The van der Waals surface area contributed by atoms with E-state index in [2.05, 4.69) is 0 Å². The average Bonchev–Trinajstić information content (AvgIpc) is 2.86. The molecule has 0 aromatic heterocycles. The van der Waals surface area contributed by atoms with E-state index in [4.69, 9.17) is 14.2 Å². The number of rotatable bonds is 6. The van der Waals surface area contributed by atoms with Gasteiger partial charge in [0.25, 0.3) is 0 Å². The Bertz CT molecular complexity index is 991. The summed E-state index contributed by atoms with van der Waals surface area (Å²) >= 11 is 0. The van der Waals surface area contributed by atoms with Gasteiger partial charge in [-0.2, -0.15) is 0 Å². The highest BCUT2D eigenvalue weighted by Crippen LogP contribution is 2.17. The monoisotopic (exact) mass is 525 g/mol. The van der Waals surface area contributed by atoms with Gasteiger partial charge >= 0.3 is 17.9 Å². The Kier molecular flexibility index (Phi) is 16.3. The van der Waals surface area contributed by atoms with Crippen LogP contribution in [0.5, 0.6) is 17.2 Å². The van der Waals surface area contributed by atoms with E-state index in [-0.39, 0.29) is 51.3 Å². The molecule has 3 aromatic rings. The number of benzene rings is 3. The Balaban J connectivity index is 0.000000518. The van der Waals surface area contributed by atoms with Gasteiger partial charge in [0, 0.05) is 17.4 Å². The van der Waals surface area contributed by atoms with Crippen molar-refractivity contribution in [3.05, 3.63) is 89.5 Å². The van der Waals surface area contributed by atoms with E-state index < -0.39 is 17.9 Å². The lowest BCUT2D eigenvalue weighted by molar-refractivity contribution is 0.0513. The molecule has 195 valence electrons. The molecule has 10 heteroatoms. The lowest BCUT2D eigenvalue weighted by Gasteiger charge is -2.02. The Hall–Kier alpha value is -4.00. The minimum atomic E-state index is -0.490. The first-order valence-corrected chi connectivity index (χ1v) is 11.1. The second-order valence-corrected chi connectivity index (χ2v) is 6.71. The van der Waals surface area contributed by atoms with E-state index in [1.165, 1.54) is 36.4 Å². The van der Waals surface area contributed by atoms with Crippen molar-refractivity contribution in [1.82, 2.24) is 0 Å². The van der Waals surface area contributed by atoms with Crippen LogP contribution in [-0.4, -0.2) is 70.4 Å². The van der Waals surface area contributed by atoms with Gasteiger partial charge in [0.05, 0.1) is 19.8 Å². The number of hydrogen-bond acceptors (Lipinski definition) is 9. The number of carbonyl (C=O) groups excluding carboxylic acids is 3. The van der Waals surface area contributed by atoms with Crippen molar-refractivity contribution in [1.29, 1.82) is 0 Å². The van der Waals surface area contributed by atoms with Gasteiger partial charge in [0.2, 0.25) is 0 Å². The number of para-hydroxylation sites is 3. The van der Waals surface area contributed by atoms with Crippen molar-refractivity contribution in [3.63, 3.8) is 0 Å². The molecule has 0 aliphatic heterocycles. The summed E-state index contributed by atoms with van der Waals surface area (Å²) in [7, 11) is 0. The number of ether oxygens (including phenoxy) is 3. The van der Waals surface area contributed by atoms with Gasteiger partial charge in [-0.3, -0.25) is 0 Å². The molecule has 0 amide bonds. The minimum Gasteiger partial charge on any atom is -0.507 e. The molecule has 9 nitrogen and oxygen atoms in total. The van der Waals surface area contributed by atoms with E-state index >= 15 is 0 Å². The first kappa shape index (κ1) is 33.0. The maximum Gasteiger partial charge on any atom is 0.341 e. The van der Waals surface area contributed by atoms with Crippen LogP contribution in [0.3, 0.4) is 0 Å².